The molecule has 0 spiro atoms. The van der Waals surface area contributed by atoms with Crippen LogP contribution in [0, 0.1) is 0 Å². The second kappa shape index (κ2) is 5.98. The maximum Gasteiger partial charge on any atom is 0.147 e. The van der Waals surface area contributed by atoms with E-state index in [-0.39, 0.29) is 0 Å². The Kier molecular flexibility index (Phi) is 4.30. The second-order valence-corrected chi connectivity index (χ2v) is 6.81. The molecule has 0 amide bonds. The molecule has 0 aromatic carbocycles. The van der Waals surface area contributed by atoms with Crippen LogP contribution in [-0.2, 0) is 0 Å². The van der Waals surface area contributed by atoms with Crippen LogP contribution in [0.1, 0.15) is 32.1 Å². The number of piperidine rings is 1. The quantitative estimate of drug-likeness (QED) is 0.904. The lowest BCUT2D eigenvalue weighted by molar-refractivity contribution is 0.397. The maximum absolute atomic E-state index is 6.36. The van der Waals surface area contributed by atoms with Crippen molar-refractivity contribution in [1.82, 2.24) is 10.3 Å². The minimum absolute atomic E-state index is 0.580. The number of aromatic nitrogens is 1. The van der Waals surface area contributed by atoms with E-state index < -0.39 is 0 Å². The first-order valence-corrected chi connectivity index (χ1v) is 8.22. The first-order valence-electron chi connectivity index (χ1n) is 7.05. The third kappa shape index (κ3) is 3.41. The Labute approximate surface area is 127 Å². The molecule has 2 aliphatic rings. The summed E-state index contributed by atoms with van der Waals surface area (Å²) < 4.78 is 0.938. The summed E-state index contributed by atoms with van der Waals surface area (Å²) in [4.78, 5) is 6.92. The van der Waals surface area contributed by atoms with Crippen molar-refractivity contribution in [2.24, 2.45) is 0 Å². The molecule has 0 bridgehead atoms. The van der Waals surface area contributed by atoms with E-state index >= 15 is 0 Å². The molecule has 5 heteroatoms. The summed E-state index contributed by atoms with van der Waals surface area (Å²) in [6.45, 7) is 2.17. The maximum atomic E-state index is 6.36. The van der Waals surface area contributed by atoms with E-state index in [1.54, 1.807) is 0 Å². The number of halogens is 2. The third-order valence-corrected chi connectivity index (χ3v) is 4.59. The van der Waals surface area contributed by atoms with E-state index in [4.69, 9.17) is 11.6 Å². The van der Waals surface area contributed by atoms with Gasteiger partial charge in [-0.1, -0.05) is 18.0 Å². The van der Waals surface area contributed by atoms with Crippen molar-refractivity contribution in [1.29, 1.82) is 0 Å². The zero-order valence-electron chi connectivity index (χ0n) is 10.9. The fourth-order valence-electron chi connectivity index (χ4n) is 2.73. The highest BCUT2D eigenvalue weighted by atomic mass is 79.9. The number of hydrogen-bond donors (Lipinski definition) is 1. The lowest BCUT2D eigenvalue weighted by Gasteiger charge is -2.32. The second-order valence-electron chi connectivity index (χ2n) is 5.49. The molecule has 1 saturated heterocycles. The Bertz CT molecular complexity index is 444. The number of hydrogen-bond acceptors (Lipinski definition) is 3. The van der Waals surface area contributed by atoms with Gasteiger partial charge in [0.15, 0.2) is 0 Å². The predicted octanol–water partition coefficient (Wildman–Crippen LogP) is 3.61. The van der Waals surface area contributed by atoms with Gasteiger partial charge in [0.1, 0.15) is 5.82 Å². The molecule has 1 aliphatic carbocycles. The van der Waals surface area contributed by atoms with Crippen LogP contribution in [0.4, 0.5) is 5.82 Å². The highest BCUT2D eigenvalue weighted by Gasteiger charge is 2.33. The summed E-state index contributed by atoms with van der Waals surface area (Å²) in [7, 11) is 0. The molecule has 0 radical (unpaired) electrons. The standard InChI is InChI=1S/C14H19BrClN3/c15-10-7-13(16)14(18-8-10)19(12-4-5-12)9-11-3-1-2-6-17-11/h7-8,11-12,17H,1-6,9H2. The van der Waals surface area contributed by atoms with Crippen LogP contribution in [0.5, 0.6) is 0 Å². The monoisotopic (exact) mass is 343 g/mol. The molecule has 1 saturated carbocycles. The van der Waals surface area contributed by atoms with Crippen LogP contribution in [0.25, 0.3) is 0 Å². The summed E-state index contributed by atoms with van der Waals surface area (Å²) in [5.74, 6) is 0.944. The molecule has 19 heavy (non-hydrogen) atoms. The highest BCUT2D eigenvalue weighted by Crippen LogP contribution is 2.35. The van der Waals surface area contributed by atoms with Gasteiger partial charge in [-0.15, -0.1) is 0 Å². The Morgan fingerprint density at radius 2 is 2.21 bits per heavy atom. The van der Waals surface area contributed by atoms with Crippen molar-refractivity contribution in [3.8, 4) is 0 Å². The lowest BCUT2D eigenvalue weighted by atomic mass is 10.0. The van der Waals surface area contributed by atoms with Crippen LogP contribution in [-0.4, -0.2) is 30.2 Å². The van der Waals surface area contributed by atoms with Crippen LogP contribution < -0.4 is 10.2 Å². The molecule has 1 atom stereocenters. The molecule has 2 heterocycles. The molecule has 3 nitrogen and oxygen atoms in total. The van der Waals surface area contributed by atoms with Gasteiger partial charge in [-0.3, -0.25) is 0 Å². The van der Waals surface area contributed by atoms with Gasteiger partial charge >= 0.3 is 0 Å². The fraction of sp³-hybridized carbons (Fsp3) is 0.643. The van der Waals surface area contributed by atoms with E-state index in [1.807, 2.05) is 12.3 Å². The molecular weight excluding hydrogens is 326 g/mol. The predicted molar refractivity (Wildman–Crippen MR) is 83.0 cm³/mol. The zero-order valence-corrected chi connectivity index (χ0v) is 13.3. The van der Waals surface area contributed by atoms with Gasteiger partial charge in [0.2, 0.25) is 0 Å². The lowest BCUT2D eigenvalue weighted by Crippen LogP contribution is -2.45. The van der Waals surface area contributed by atoms with E-state index in [0.29, 0.717) is 12.1 Å². The van der Waals surface area contributed by atoms with Crippen molar-refractivity contribution in [2.45, 2.75) is 44.2 Å². The van der Waals surface area contributed by atoms with Crippen molar-refractivity contribution in [2.75, 3.05) is 18.0 Å². The summed E-state index contributed by atoms with van der Waals surface area (Å²) in [5.41, 5.74) is 0. The first kappa shape index (κ1) is 13.7. The number of pyridine rings is 1. The largest absolute Gasteiger partial charge is 0.351 e. The Balaban J connectivity index is 1.76. The van der Waals surface area contributed by atoms with Crippen molar-refractivity contribution < 1.29 is 0 Å². The molecule has 1 aromatic heterocycles. The number of rotatable bonds is 4. The van der Waals surface area contributed by atoms with Gasteiger partial charge in [-0.25, -0.2) is 4.98 Å². The van der Waals surface area contributed by atoms with E-state index in [0.717, 1.165) is 28.4 Å². The van der Waals surface area contributed by atoms with Gasteiger partial charge in [-0.2, -0.15) is 0 Å². The van der Waals surface area contributed by atoms with Crippen LogP contribution in [0.15, 0.2) is 16.7 Å². The molecule has 3 rings (SSSR count). The Morgan fingerprint density at radius 3 is 2.84 bits per heavy atom. The zero-order chi connectivity index (χ0) is 13.2. The summed E-state index contributed by atoms with van der Waals surface area (Å²) in [6, 6.07) is 3.15. The van der Waals surface area contributed by atoms with Crippen LogP contribution in [0.3, 0.4) is 0 Å². The SMILES string of the molecule is Clc1cc(Br)cnc1N(CC1CCCCN1)C1CC1. The van der Waals surface area contributed by atoms with Gasteiger partial charge in [0.25, 0.3) is 0 Å². The molecule has 1 unspecified atom stereocenters. The Hall–Kier alpha value is -0.320. The Morgan fingerprint density at radius 1 is 1.37 bits per heavy atom. The number of nitrogens with zero attached hydrogens (tertiary/aromatic N) is 2. The number of nitrogens with one attached hydrogen (secondary N) is 1. The van der Waals surface area contributed by atoms with Crippen molar-refractivity contribution in [3.63, 3.8) is 0 Å². The molecule has 104 valence electrons. The van der Waals surface area contributed by atoms with Gasteiger partial charge in [0.05, 0.1) is 5.02 Å². The summed E-state index contributed by atoms with van der Waals surface area (Å²) in [6.07, 6.45) is 8.26. The minimum Gasteiger partial charge on any atom is -0.351 e. The average Bonchev–Trinajstić information content (AvgIpc) is 3.22. The van der Waals surface area contributed by atoms with E-state index in [1.165, 1.54) is 32.1 Å². The fourth-order valence-corrected chi connectivity index (χ4v) is 3.47. The van der Waals surface area contributed by atoms with Gasteiger partial charge in [0, 0.05) is 29.3 Å². The van der Waals surface area contributed by atoms with Gasteiger partial charge < -0.3 is 10.2 Å². The van der Waals surface area contributed by atoms with E-state index in [9.17, 15) is 0 Å². The molecule has 1 N–H and O–H groups in total. The normalized spacial score (nSPS) is 23.4. The molecule has 1 aliphatic heterocycles. The average molecular weight is 345 g/mol. The van der Waals surface area contributed by atoms with Gasteiger partial charge in [-0.05, 0) is 54.2 Å². The summed E-state index contributed by atoms with van der Waals surface area (Å²) in [5, 5.41) is 4.36. The first-order chi connectivity index (χ1) is 9.24. The summed E-state index contributed by atoms with van der Waals surface area (Å²) >= 11 is 9.78. The molecular formula is C14H19BrClN3. The third-order valence-electron chi connectivity index (χ3n) is 3.88. The number of anilines is 1. The molecule has 1 aromatic rings. The van der Waals surface area contributed by atoms with Crippen molar-refractivity contribution in [3.05, 3.63) is 21.8 Å². The molecule has 2 fully saturated rings. The van der Waals surface area contributed by atoms with Crippen LogP contribution in [0.2, 0.25) is 5.02 Å². The topological polar surface area (TPSA) is 28.2 Å². The smallest absolute Gasteiger partial charge is 0.147 e. The highest BCUT2D eigenvalue weighted by molar-refractivity contribution is 9.10. The van der Waals surface area contributed by atoms with Crippen molar-refractivity contribution >= 4 is 33.3 Å². The van der Waals surface area contributed by atoms with E-state index in [2.05, 4.69) is 31.1 Å². The minimum atomic E-state index is 0.580. The van der Waals surface area contributed by atoms with Crippen LogP contribution >= 0.6 is 27.5 Å².